The summed E-state index contributed by atoms with van der Waals surface area (Å²) in [6.45, 7) is 15.8. The van der Waals surface area contributed by atoms with Crippen LogP contribution in [0.5, 0.6) is 0 Å². The number of amides is 21. The van der Waals surface area contributed by atoms with Crippen molar-refractivity contribution >= 4 is 154 Å². The predicted molar refractivity (Wildman–Crippen MR) is 482 cm³/mol. The van der Waals surface area contributed by atoms with Crippen molar-refractivity contribution in [2.24, 2.45) is 40.7 Å². The lowest BCUT2D eigenvalue weighted by Crippen LogP contribution is -2.61. The van der Waals surface area contributed by atoms with Crippen LogP contribution in [0.15, 0.2) is 12.5 Å². The summed E-state index contributed by atoms with van der Waals surface area (Å²) >= 11 is 2.58. The lowest BCUT2D eigenvalue weighted by molar-refractivity contribution is -0.138. The molecule has 0 spiro atoms. The van der Waals surface area contributed by atoms with E-state index in [0.717, 1.165) is 0 Å². The highest BCUT2D eigenvalue weighted by Crippen LogP contribution is 2.14. The molecule has 744 valence electrons. The van der Waals surface area contributed by atoms with Gasteiger partial charge >= 0.3 is 5.97 Å². The molecular weight excluding hydrogens is 1770 g/mol. The number of primary amides is 1. The summed E-state index contributed by atoms with van der Waals surface area (Å²) in [5, 5.41) is 67.8. The number of nitrogens with zero attached hydrogens (tertiary/aromatic N) is 1. The summed E-state index contributed by atoms with van der Waals surface area (Å²) in [5.74, 6) is -20.7. The van der Waals surface area contributed by atoms with Crippen LogP contribution in [0.2, 0.25) is 0 Å². The Morgan fingerprint density at radius 3 is 1.16 bits per heavy atom. The van der Waals surface area contributed by atoms with Crippen LogP contribution in [-0.2, 0) is 112 Å². The third-order valence-corrected chi connectivity index (χ3v) is 20.9. The number of hydrogen-bond donors (Lipinski definition) is 27. The summed E-state index contributed by atoms with van der Waals surface area (Å²) in [6.07, 6.45) is 5.42. The van der Waals surface area contributed by atoms with Crippen LogP contribution in [0.4, 0.5) is 0 Å². The van der Waals surface area contributed by atoms with Gasteiger partial charge in [-0.25, -0.2) is 4.98 Å². The fraction of sp³-hybridized carbons (Fsp3) is 0.688. The highest BCUT2D eigenvalue weighted by atomic mass is 32.2. The van der Waals surface area contributed by atoms with Crippen LogP contribution in [0.25, 0.3) is 0 Å². The molecule has 31 N–H and O–H groups in total. The van der Waals surface area contributed by atoms with E-state index in [1.54, 1.807) is 54.1 Å². The summed E-state index contributed by atoms with van der Waals surface area (Å²) in [4.78, 5) is 298. The molecule has 132 heavy (non-hydrogen) atoms. The Bertz CT molecular complexity index is 4050. The van der Waals surface area contributed by atoms with E-state index in [2.05, 4.69) is 116 Å². The number of thioether (sulfide) groups is 2. The number of nitrogens with one attached hydrogen (secondary N) is 21. The molecule has 0 fully saturated rings. The van der Waals surface area contributed by atoms with Crippen LogP contribution in [0.1, 0.15) is 160 Å². The van der Waals surface area contributed by atoms with Crippen molar-refractivity contribution in [3.05, 3.63) is 18.2 Å². The van der Waals surface area contributed by atoms with Crippen molar-refractivity contribution in [3.63, 3.8) is 0 Å². The lowest BCUT2D eigenvalue weighted by Gasteiger charge is -2.28. The van der Waals surface area contributed by atoms with E-state index < -0.39 is 284 Å². The van der Waals surface area contributed by atoms with Crippen molar-refractivity contribution in [3.8, 4) is 0 Å². The van der Waals surface area contributed by atoms with Gasteiger partial charge in [0, 0.05) is 12.6 Å². The van der Waals surface area contributed by atoms with Gasteiger partial charge in [0.2, 0.25) is 124 Å². The van der Waals surface area contributed by atoms with Gasteiger partial charge in [-0.2, -0.15) is 23.5 Å². The largest absolute Gasteiger partial charge is 0.480 e. The predicted octanol–water partition coefficient (Wildman–Crippen LogP) is -10.3. The average Bonchev–Trinajstić information content (AvgIpc) is 1.57. The third kappa shape index (κ3) is 46.8. The first kappa shape index (κ1) is 118. The minimum atomic E-state index is -1.76. The Hall–Kier alpha value is -11.9. The van der Waals surface area contributed by atoms with E-state index in [9.17, 15) is 111 Å². The molecule has 21 amide bonds. The second-order valence-electron chi connectivity index (χ2n) is 32.5. The Kier molecular flexibility index (Phi) is 55.9. The van der Waals surface area contributed by atoms with Crippen LogP contribution in [0.3, 0.4) is 0 Å². The van der Waals surface area contributed by atoms with E-state index >= 15 is 0 Å². The van der Waals surface area contributed by atoms with E-state index in [-0.39, 0.29) is 74.6 Å². The van der Waals surface area contributed by atoms with Crippen molar-refractivity contribution in [2.75, 3.05) is 69.8 Å². The molecule has 0 aliphatic carbocycles. The molecule has 1 heterocycles. The molecule has 17 atom stereocenters. The zero-order valence-corrected chi connectivity index (χ0v) is 78.9. The van der Waals surface area contributed by atoms with Crippen LogP contribution in [-0.4, -0.2) is 323 Å². The number of carbonyl (C=O) groups excluding carboxylic acids is 21. The maximum atomic E-state index is 14.5. The molecule has 1 aromatic heterocycles. The molecule has 0 saturated carbocycles. The minimum Gasteiger partial charge on any atom is -0.480 e. The van der Waals surface area contributed by atoms with Gasteiger partial charge in [-0.3, -0.25) is 105 Å². The number of aromatic amines is 1. The monoisotopic (exact) mass is 1910 g/mol. The fourth-order valence-electron chi connectivity index (χ4n) is 12.0. The van der Waals surface area contributed by atoms with E-state index in [4.69, 9.17) is 28.0 Å². The van der Waals surface area contributed by atoms with Crippen LogP contribution < -0.4 is 129 Å². The Morgan fingerprint density at radius 2 is 0.720 bits per heavy atom. The Morgan fingerprint density at radius 1 is 0.364 bits per heavy atom. The van der Waals surface area contributed by atoms with E-state index in [0.29, 0.717) is 25.8 Å². The number of hydrogen-bond acceptors (Lipinski definition) is 29. The number of nitrogens with two attached hydrogens (primary N) is 4. The molecule has 0 aromatic carbocycles. The van der Waals surface area contributed by atoms with Gasteiger partial charge in [-0.15, -0.1) is 0 Å². The molecule has 0 bridgehead atoms. The van der Waals surface area contributed by atoms with Crippen LogP contribution >= 0.6 is 23.5 Å². The maximum absolute atomic E-state index is 14.5. The average molecular weight is 1910 g/mol. The van der Waals surface area contributed by atoms with Crippen molar-refractivity contribution in [2.45, 2.75) is 263 Å². The first-order valence-corrected chi connectivity index (χ1v) is 45.9. The molecule has 0 saturated heterocycles. The topological polar surface area (TPSA) is 789 Å². The number of unbranched alkanes of at least 4 members (excludes halogenated alkanes) is 2. The highest BCUT2D eigenvalue weighted by molar-refractivity contribution is 7.98. The standard InChI is InChI=1S/C80H138N26O24S2/c1-38(2)28-53(72(122)90-36-61(113)114)98-60(112)33-86-57(109)32-89-78(128)62(39(3)4)105-79(129)63(40(5)6)104-70(120)44(10)93-59(111)35-87-65(115)41(7)94-68(118)45(11)96-69(119)46(12)95-67(117)43(9)92-58(110)34-88-66(116)42(8)97-73(123)51(22-26-131-14)100-76(126)54(29-48-31-85-37-91-48)102-74(124)50(21-17-19-25-82)99-75(125)52(23-27-132-15)101-77(127)55(30-56(84)108)103-80(130)64(47(13)107)106-71(121)49(83)20-16-18-24-81/h31,37-47,49-55,62-64,107H,16-30,32-36,81-83H2,1-15H3,(H2,84,108)(H,85,91)(H,86,109)(H,87,115)(H,88,116)(H,89,128)(H,90,122)(H,92,110)(H,93,111)(H,94,118)(H,95,117)(H,96,119)(H,97,123)(H,98,112)(H,99,125)(H,100,126)(H,101,127)(H,102,124)(H,103,130)(H,104,120)(H,105,129)(H,106,121)(H,113,114). The van der Waals surface area contributed by atoms with Crippen LogP contribution in [0, 0.1) is 17.8 Å². The maximum Gasteiger partial charge on any atom is 0.322 e. The Labute approximate surface area is 774 Å². The van der Waals surface area contributed by atoms with Crippen molar-refractivity contribution in [1.82, 2.24) is 116 Å². The fourth-order valence-corrected chi connectivity index (χ4v) is 12.9. The van der Waals surface area contributed by atoms with Gasteiger partial charge in [0.1, 0.15) is 97.2 Å². The first-order valence-electron chi connectivity index (χ1n) is 43.1. The molecule has 0 aliphatic heterocycles. The molecule has 0 radical (unpaired) electrons. The number of aliphatic hydroxyl groups excluding tert-OH is 1. The summed E-state index contributed by atoms with van der Waals surface area (Å²) in [5.41, 5.74) is 23.1. The quantitative estimate of drug-likeness (QED) is 0.0269. The summed E-state index contributed by atoms with van der Waals surface area (Å²) < 4.78 is 0. The molecule has 52 heteroatoms. The smallest absolute Gasteiger partial charge is 0.322 e. The van der Waals surface area contributed by atoms with Crippen molar-refractivity contribution in [1.29, 1.82) is 0 Å². The Balaban J connectivity index is 2.98. The molecule has 17 unspecified atom stereocenters. The summed E-state index contributed by atoms with van der Waals surface area (Å²) in [6, 6.07) is -21.9. The number of aliphatic hydroxyl groups is 1. The van der Waals surface area contributed by atoms with Gasteiger partial charge in [0.05, 0.1) is 56.8 Å². The highest BCUT2D eigenvalue weighted by Gasteiger charge is 2.39. The number of carbonyl (C=O) groups is 22. The molecule has 1 rings (SSSR count). The second kappa shape index (κ2) is 62.4. The molecular formula is C80H138N26O24S2. The molecule has 0 aliphatic rings. The number of carboxylic acids is 1. The lowest BCUT2D eigenvalue weighted by atomic mass is 9.99. The van der Waals surface area contributed by atoms with Gasteiger partial charge in [-0.05, 0) is 155 Å². The first-order chi connectivity index (χ1) is 61.9. The van der Waals surface area contributed by atoms with Gasteiger partial charge in [0.15, 0.2) is 0 Å². The van der Waals surface area contributed by atoms with Crippen molar-refractivity contribution < 1.29 is 116 Å². The number of H-pyrrole nitrogens is 1. The van der Waals surface area contributed by atoms with E-state index in [1.165, 1.54) is 84.5 Å². The number of aliphatic carboxylic acids is 1. The number of aromatic nitrogens is 2. The zero-order chi connectivity index (χ0) is 100. The second-order valence-corrected chi connectivity index (χ2v) is 34.4. The molecule has 50 nitrogen and oxygen atoms in total. The SMILES string of the molecule is CSCCC(NC(=O)C(Cc1c[nH]cn1)NC(=O)C(CCCCN)NC(=O)C(CCSC)NC(=O)C(CC(N)=O)NC(=O)C(NC(=O)C(N)CCCCN)C(C)O)C(=O)NC(C)C(=O)NCC(=O)NC(C)C(=O)NC(C)C(=O)NC(C)C(=O)NC(C)C(=O)NCC(=O)NC(C)C(=O)NC(C(=O)NC(C(=O)NCC(=O)NCC(=O)NC(CC(C)C)C(=O)NCC(=O)O)C(C)C)C(C)C. The zero-order valence-electron chi connectivity index (χ0n) is 77.3. The van der Waals surface area contributed by atoms with Gasteiger partial charge in [0.25, 0.3) is 0 Å². The normalized spacial score (nSPS) is 15.0. The molecule has 1 aromatic rings. The number of rotatable bonds is 64. The minimum absolute atomic E-state index is 0.0238. The van der Waals surface area contributed by atoms with E-state index in [1.807, 2.05) is 0 Å². The summed E-state index contributed by atoms with van der Waals surface area (Å²) in [7, 11) is 0. The number of imidazole rings is 1. The van der Waals surface area contributed by atoms with Gasteiger partial charge in [-0.1, -0.05) is 48.0 Å². The number of carboxylic acid groups (broad SMARTS) is 1. The van der Waals surface area contributed by atoms with Gasteiger partial charge < -0.3 is 144 Å². The third-order valence-electron chi connectivity index (χ3n) is 19.6.